The van der Waals surface area contributed by atoms with Crippen LogP contribution in [-0.4, -0.2) is 72.4 Å². The molecule has 6 heteroatoms. The van der Waals surface area contributed by atoms with Gasteiger partial charge in [0.25, 0.3) is 5.91 Å². The van der Waals surface area contributed by atoms with E-state index in [4.69, 9.17) is 4.74 Å². The summed E-state index contributed by atoms with van der Waals surface area (Å²) >= 11 is 1.51. The number of amides is 1. The van der Waals surface area contributed by atoms with Gasteiger partial charge in [0.2, 0.25) is 0 Å². The summed E-state index contributed by atoms with van der Waals surface area (Å²) in [5.74, 6) is -0.00783. The predicted molar refractivity (Wildman–Crippen MR) is 99.2 cm³/mol. The molecule has 2 aliphatic heterocycles. The number of thiophene rings is 1. The first-order valence-corrected chi connectivity index (χ1v) is 9.75. The van der Waals surface area contributed by atoms with E-state index in [1.165, 1.54) is 24.2 Å². The van der Waals surface area contributed by atoms with Crippen molar-refractivity contribution in [2.75, 3.05) is 45.9 Å². The van der Waals surface area contributed by atoms with Crippen molar-refractivity contribution in [2.24, 2.45) is 0 Å². The fourth-order valence-electron chi connectivity index (χ4n) is 3.79. The van der Waals surface area contributed by atoms with Crippen LogP contribution in [0.1, 0.15) is 22.5 Å². The van der Waals surface area contributed by atoms with Crippen LogP contribution in [0.3, 0.4) is 0 Å². The van der Waals surface area contributed by atoms with Crippen LogP contribution in [0.15, 0.2) is 30.3 Å². The molecule has 2 saturated heterocycles. The summed E-state index contributed by atoms with van der Waals surface area (Å²) in [6.45, 7) is 4.23. The third kappa shape index (κ3) is 3.72. The zero-order valence-corrected chi connectivity index (χ0v) is 15.1. The van der Waals surface area contributed by atoms with Crippen LogP contribution in [0.25, 0.3) is 10.1 Å². The first kappa shape index (κ1) is 17.0. The molecule has 0 unspecified atom stereocenters. The second-order valence-electron chi connectivity index (χ2n) is 7.14. The largest absolute Gasteiger partial charge is 0.384 e. The van der Waals surface area contributed by atoms with Crippen molar-refractivity contribution >= 4 is 27.3 Å². The molecule has 1 atom stereocenters. The van der Waals surface area contributed by atoms with Crippen LogP contribution in [0.5, 0.6) is 0 Å². The maximum absolute atomic E-state index is 13.0. The Balaban J connectivity index is 1.52. The molecule has 0 bridgehead atoms. The Morgan fingerprint density at radius 2 is 2.04 bits per heavy atom. The summed E-state index contributed by atoms with van der Waals surface area (Å²) in [5, 5.41) is 12.2. The molecule has 134 valence electrons. The summed E-state index contributed by atoms with van der Waals surface area (Å²) < 4.78 is 6.74. The first-order chi connectivity index (χ1) is 12.1. The maximum atomic E-state index is 13.0. The van der Waals surface area contributed by atoms with Crippen LogP contribution in [0.2, 0.25) is 0 Å². The summed E-state index contributed by atoms with van der Waals surface area (Å²) in [4.78, 5) is 17.8. The maximum Gasteiger partial charge on any atom is 0.264 e. The van der Waals surface area contributed by atoms with Gasteiger partial charge in [-0.3, -0.25) is 4.79 Å². The first-order valence-electron chi connectivity index (χ1n) is 8.93. The van der Waals surface area contributed by atoms with Gasteiger partial charge >= 0.3 is 0 Å². The highest BCUT2D eigenvalue weighted by molar-refractivity contribution is 7.20. The number of aliphatic hydroxyl groups is 1. The van der Waals surface area contributed by atoms with Crippen molar-refractivity contribution in [3.63, 3.8) is 0 Å². The summed E-state index contributed by atoms with van der Waals surface area (Å²) in [7, 11) is 0. The molecule has 2 aliphatic rings. The second-order valence-corrected chi connectivity index (χ2v) is 8.22. The molecule has 25 heavy (non-hydrogen) atoms. The standard InChI is InChI=1S/C19H24N2O3S/c22-18(17-11-15-5-1-2-6-16(15)25-17)21-9-10-24-14-19(23,13-21)12-20-7-3-4-8-20/h1-2,5-6,11,23H,3-4,7-10,12-14H2/t19-/m0/s1. The van der Waals surface area contributed by atoms with E-state index >= 15 is 0 Å². The van der Waals surface area contributed by atoms with E-state index < -0.39 is 5.60 Å². The summed E-state index contributed by atoms with van der Waals surface area (Å²) in [5.41, 5.74) is -0.993. The molecule has 0 aliphatic carbocycles. The lowest BCUT2D eigenvalue weighted by molar-refractivity contribution is -0.0524. The van der Waals surface area contributed by atoms with E-state index in [2.05, 4.69) is 4.90 Å². The van der Waals surface area contributed by atoms with Crippen molar-refractivity contribution in [3.05, 3.63) is 35.2 Å². The molecule has 3 heterocycles. The Labute approximate surface area is 151 Å². The second kappa shape index (κ2) is 7.03. The normalized spacial score (nSPS) is 25.4. The van der Waals surface area contributed by atoms with Gasteiger partial charge < -0.3 is 19.6 Å². The Bertz CT molecular complexity index is 723. The summed E-state index contributed by atoms with van der Waals surface area (Å²) in [6, 6.07) is 9.98. The molecule has 4 rings (SSSR count). The molecule has 1 aromatic heterocycles. The zero-order valence-electron chi connectivity index (χ0n) is 14.3. The van der Waals surface area contributed by atoms with Crippen LogP contribution in [0, 0.1) is 0 Å². The van der Waals surface area contributed by atoms with Crippen LogP contribution < -0.4 is 0 Å². The number of hydrogen-bond donors (Lipinski definition) is 1. The quantitative estimate of drug-likeness (QED) is 0.912. The van der Waals surface area contributed by atoms with Gasteiger partial charge in [-0.15, -0.1) is 11.3 Å². The van der Waals surface area contributed by atoms with Crippen molar-refractivity contribution in [3.8, 4) is 0 Å². The van der Waals surface area contributed by atoms with E-state index in [0.717, 1.165) is 28.1 Å². The third-order valence-corrected chi connectivity index (χ3v) is 6.11. The lowest BCUT2D eigenvalue weighted by Gasteiger charge is -2.33. The number of ether oxygens (including phenoxy) is 1. The minimum absolute atomic E-state index is 0.00783. The molecule has 5 nitrogen and oxygen atoms in total. The fourth-order valence-corrected chi connectivity index (χ4v) is 4.82. The van der Waals surface area contributed by atoms with Gasteiger partial charge in [0.05, 0.1) is 24.6 Å². The molecule has 0 radical (unpaired) electrons. The van der Waals surface area contributed by atoms with Crippen molar-refractivity contribution in [1.82, 2.24) is 9.80 Å². The number of hydrogen-bond acceptors (Lipinski definition) is 5. The molecular formula is C19H24N2O3S. The Kier molecular flexibility index (Phi) is 4.78. The van der Waals surface area contributed by atoms with Gasteiger partial charge in [0.15, 0.2) is 0 Å². The number of likely N-dealkylation sites (tertiary alicyclic amines) is 1. The minimum Gasteiger partial charge on any atom is -0.384 e. The molecule has 0 spiro atoms. The van der Waals surface area contributed by atoms with Gasteiger partial charge in [-0.1, -0.05) is 18.2 Å². The average molecular weight is 360 g/mol. The number of nitrogens with zero attached hydrogens (tertiary/aromatic N) is 2. The van der Waals surface area contributed by atoms with Crippen LogP contribution in [-0.2, 0) is 4.74 Å². The molecule has 0 saturated carbocycles. The highest BCUT2D eigenvalue weighted by Crippen LogP contribution is 2.27. The fraction of sp³-hybridized carbons (Fsp3) is 0.526. The molecule has 2 aromatic rings. The van der Waals surface area contributed by atoms with Crippen LogP contribution >= 0.6 is 11.3 Å². The molecular weight excluding hydrogens is 336 g/mol. The highest BCUT2D eigenvalue weighted by Gasteiger charge is 2.37. The van der Waals surface area contributed by atoms with Gasteiger partial charge in [0, 0.05) is 17.8 Å². The Hall–Kier alpha value is -1.47. The van der Waals surface area contributed by atoms with Gasteiger partial charge in [0.1, 0.15) is 5.60 Å². The molecule has 2 fully saturated rings. The molecule has 1 amide bonds. The predicted octanol–water partition coefficient (Wildman–Crippen LogP) is 2.20. The lowest BCUT2D eigenvalue weighted by Crippen LogP contribution is -2.52. The van der Waals surface area contributed by atoms with Gasteiger partial charge in [-0.2, -0.15) is 0 Å². The van der Waals surface area contributed by atoms with Gasteiger partial charge in [-0.05, 0) is 43.5 Å². The Morgan fingerprint density at radius 1 is 1.24 bits per heavy atom. The smallest absolute Gasteiger partial charge is 0.264 e. The molecule has 1 N–H and O–H groups in total. The number of carbonyl (C=O) groups excluding carboxylic acids is 1. The van der Waals surface area contributed by atoms with Crippen molar-refractivity contribution < 1.29 is 14.6 Å². The van der Waals surface area contributed by atoms with Crippen molar-refractivity contribution in [1.29, 1.82) is 0 Å². The average Bonchev–Trinajstić information content (AvgIpc) is 3.21. The lowest BCUT2D eigenvalue weighted by atomic mass is 10.0. The van der Waals surface area contributed by atoms with E-state index in [1.807, 2.05) is 30.3 Å². The van der Waals surface area contributed by atoms with E-state index in [1.54, 1.807) is 4.90 Å². The monoisotopic (exact) mass is 360 g/mol. The number of rotatable bonds is 3. The van der Waals surface area contributed by atoms with Crippen molar-refractivity contribution in [2.45, 2.75) is 18.4 Å². The van der Waals surface area contributed by atoms with E-state index in [-0.39, 0.29) is 5.91 Å². The van der Waals surface area contributed by atoms with E-state index in [9.17, 15) is 9.90 Å². The third-order valence-electron chi connectivity index (χ3n) is 5.00. The number of carbonyl (C=O) groups is 1. The topological polar surface area (TPSA) is 53.0 Å². The zero-order chi connectivity index (χ0) is 17.3. The number of fused-ring (bicyclic) bond motifs is 1. The van der Waals surface area contributed by atoms with Crippen LogP contribution in [0.4, 0.5) is 0 Å². The Morgan fingerprint density at radius 3 is 2.84 bits per heavy atom. The SMILES string of the molecule is O=C(c1cc2ccccc2s1)N1CCOC[C@](O)(CN2CCCC2)C1. The molecule has 1 aromatic carbocycles. The highest BCUT2D eigenvalue weighted by atomic mass is 32.1. The number of benzene rings is 1. The van der Waals surface area contributed by atoms with E-state index in [0.29, 0.717) is 32.8 Å². The number of β-amino-alcohol motifs (C(OH)–C–C–N with tert-alkyl or cyclic N) is 1. The summed E-state index contributed by atoms with van der Waals surface area (Å²) in [6.07, 6.45) is 2.36. The van der Waals surface area contributed by atoms with Gasteiger partial charge in [-0.25, -0.2) is 0 Å². The minimum atomic E-state index is -0.993.